The smallest absolute Gasteiger partial charge is 0.260 e. The molecule has 0 fully saturated rings. The Bertz CT molecular complexity index is 1540. The lowest BCUT2D eigenvalue weighted by molar-refractivity contribution is -0.116. The summed E-state index contributed by atoms with van der Waals surface area (Å²) in [6.07, 6.45) is 0. The van der Waals surface area contributed by atoms with Crippen molar-refractivity contribution in [3.05, 3.63) is 100 Å². The molecule has 1 N–H and O–H groups in total. The third-order valence-electron chi connectivity index (χ3n) is 5.11. The van der Waals surface area contributed by atoms with Gasteiger partial charge in [-0.25, -0.2) is 13.8 Å². The highest BCUT2D eigenvalue weighted by Crippen LogP contribution is 2.24. The minimum Gasteiger partial charge on any atom is -0.325 e. The Morgan fingerprint density at radius 1 is 0.969 bits per heavy atom. The highest BCUT2D eigenvalue weighted by Gasteiger charge is 2.17. The van der Waals surface area contributed by atoms with Crippen molar-refractivity contribution in [1.82, 2.24) is 14.0 Å². The van der Waals surface area contributed by atoms with Crippen molar-refractivity contribution in [3.63, 3.8) is 0 Å². The van der Waals surface area contributed by atoms with Crippen molar-refractivity contribution in [2.45, 2.75) is 6.54 Å². The Hall–Kier alpha value is -3.97. The van der Waals surface area contributed by atoms with Crippen LogP contribution in [0.2, 0.25) is 5.02 Å². The first-order valence-corrected chi connectivity index (χ1v) is 10.2. The van der Waals surface area contributed by atoms with E-state index in [1.54, 1.807) is 28.8 Å². The van der Waals surface area contributed by atoms with Gasteiger partial charge < -0.3 is 9.88 Å². The summed E-state index contributed by atoms with van der Waals surface area (Å²) in [5.41, 5.74) is 2.70. The van der Waals surface area contributed by atoms with Crippen molar-refractivity contribution in [3.8, 4) is 11.3 Å². The highest BCUT2D eigenvalue weighted by molar-refractivity contribution is 6.30. The number of benzene rings is 3. The molecule has 0 aliphatic carbocycles. The summed E-state index contributed by atoms with van der Waals surface area (Å²) < 4.78 is 16.3. The molecule has 0 aliphatic rings. The number of carbonyl (C=O) groups is 1. The van der Waals surface area contributed by atoms with Crippen LogP contribution >= 0.6 is 11.6 Å². The molecule has 5 rings (SSSR count). The molecule has 0 radical (unpaired) electrons. The van der Waals surface area contributed by atoms with Gasteiger partial charge in [0.15, 0.2) is 0 Å². The van der Waals surface area contributed by atoms with Crippen LogP contribution in [0.1, 0.15) is 0 Å². The van der Waals surface area contributed by atoms with Crippen LogP contribution in [0.3, 0.4) is 0 Å². The lowest BCUT2D eigenvalue weighted by atomic mass is 10.1. The number of rotatable bonds is 4. The molecule has 8 heteroatoms. The van der Waals surface area contributed by atoms with E-state index in [1.165, 1.54) is 34.7 Å². The normalized spacial score (nSPS) is 11.2. The topological polar surface area (TPSA) is 68.4 Å². The summed E-state index contributed by atoms with van der Waals surface area (Å²) in [7, 11) is 0. The lowest BCUT2D eigenvalue weighted by Gasteiger charge is -2.08. The van der Waals surface area contributed by atoms with Crippen LogP contribution in [0.25, 0.3) is 28.1 Å². The molecule has 6 nitrogen and oxygen atoms in total. The maximum absolute atomic E-state index is 13.2. The Labute approximate surface area is 186 Å². The van der Waals surface area contributed by atoms with Crippen molar-refractivity contribution >= 4 is 40.0 Å². The Morgan fingerprint density at radius 3 is 2.47 bits per heavy atom. The molecule has 0 atom stereocenters. The Kier molecular flexibility index (Phi) is 4.95. The van der Waals surface area contributed by atoms with Gasteiger partial charge in [-0.1, -0.05) is 35.9 Å². The number of hydrogen-bond donors (Lipinski definition) is 1. The van der Waals surface area contributed by atoms with Crippen molar-refractivity contribution in [2.75, 3.05) is 5.32 Å². The van der Waals surface area contributed by atoms with Crippen molar-refractivity contribution < 1.29 is 9.18 Å². The zero-order valence-electron chi connectivity index (χ0n) is 16.6. The van der Waals surface area contributed by atoms with Gasteiger partial charge in [0.05, 0.1) is 16.7 Å². The number of nitrogens with one attached hydrogen (secondary N) is 1. The maximum Gasteiger partial charge on any atom is 0.260 e. The standard InChI is InChI=1S/C24H16ClFN4O2/c25-16-5-3-4-15(12-16)19-13-23(32)30-21-7-2-1-6-20(21)29(24(30)28-19)14-22(31)27-18-10-8-17(26)9-11-18/h1-13H,14H2,(H,27,31). The fourth-order valence-corrected chi connectivity index (χ4v) is 3.89. The quantitative estimate of drug-likeness (QED) is 0.433. The Balaban J connectivity index is 1.63. The van der Waals surface area contributed by atoms with Crippen LogP contribution in [0, 0.1) is 5.82 Å². The van der Waals surface area contributed by atoms with E-state index in [-0.39, 0.29) is 23.8 Å². The van der Waals surface area contributed by atoms with E-state index in [4.69, 9.17) is 16.6 Å². The molecule has 1 amide bonds. The van der Waals surface area contributed by atoms with Crippen LogP contribution in [-0.4, -0.2) is 19.9 Å². The number of aromatic nitrogens is 3. The molecular weight excluding hydrogens is 431 g/mol. The summed E-state index contributed by atoms with van der Waals surface area (Å²) in [5, 5.41) is 3.28. The number of amides is 1. The van der Waals surface area contributed by atoms with Gasteiger partial charge in [0.25, 0.3) is 5.56 Å². The van der Waals surface area contributed by atoms with Gasteiger partial charge >= 0.3 is 0 Å². The number of imidazole rings is 1. The predicted octanol–water partition coefficient (Wildman–Crippen LogP) is 4.75. The molecule has 0 spiro atoms. The third-order valence-corrected chi connectivity index (χ3v) is 5.34. The first kappa shape index (κ1) is 20.0. The van der Waals surface area contributed by atoms with Gasteiger partial charge in [0.1, 0.15) is 12.4 Å². The average molecular weight is 447 g/mol. The Morgan fingerprint density at radius 2 is 1.72 bits per heavy atom. The molecule has 158 valence electrons. The van der Waals surface area contributed by atoms with Crippen LogP contribution < -0.4 is 10.9 Å². The average Bonchev–Trinajstić information content (AvgIpc) is 3.09. The van der Waals surface area contributed by atoms with Crippen molar-refractivity contribution in [2.24, 2.45) is 0 Å². The van der Waals surface area contributed by atoms with Crippen molar-refractivity contribution in [1.29, 1.82) is 0 Å². The summed E-state index contributed by atoms with van der Waals surface area (Å²) in [4.78, 5) is 30.5. The van der Waals surface area contributed by atoms with Crippen LogP contribution in [0.5, 0.6) is 0 Å². The fourth-order valence-electron chi connectivity index (χ4n) is 3.70. The molecule has 0 saturated heterocycles. The van der Waals surface area contributed by atoms with Gasteiger partial charge in [0, 0.05) is 22.3 Å². The summed E-state index contributed by atoms with van der Waals surface area (Å²) in [6, 6.07) is 21.3. The number of anilines is 1. The highest BCUT2D eigenvalue weighted by atomic mass is 35.5. The van der Waals surface area contributed by atoms with Gasteiger partial charge in [-0.05, 0) is 48.5 Å². The molecular formula is C24H16ClFN4O2. The van der Waals surface area contributed by atoms with Crippen LogP contribution in [0.15, 0.2) is 83.7 Å². The molecule has 3 aromatic carbocycles. The molecule has 0 bridgehead atoms. The maximum atomic E-state index is 13.2. The van der Waals surface area contributed by atoms with Crippen LogP contribution in [0.4, 0.5) is 10.1 Å². The first-order valence-electron chi connectivity index (χ1n) is 9.82. The summed E-state index contributed by atoms with van der Waals surface area (Å²) in [5.74, 6) is -0.382. The number of carbonyl (C=O) groups excluding carboxylic acids is 1. The number of fused-ring (bicyclic) bond motifs is 3. The van der Waals surface area contributed by atoms with E-state index in [0.717, 1.165) is 0 Å². The largest absolute Gasteiger partial charge is 0.325 e. The lowest BCUT2D eigenvalue weighted by Crippen LogP contribution is -2.20. The van der Waals surface area contributed by atoms with E-state index in [2.05, 4.69) is 5.32 Å². The third kappa shape index (κ3) is 3.63. The number of hydrogen-bond acceptors (Lipinski definition) is 3. The molecule has 2 heterocycles. The van der Waals surface area contributed by atoms with Gasteiger partial charge in [-0.2, -0.15) is 0 Å². The summed E-state index contributed by atoms with van der Waals surface area (Å²) >= 11 is 6.11. The number of para-hydroxylation sites is 2. The van der Waals surface area contributed by atoms with E-state index in [9.17, 15) is 14.0 Å². The second-order valence-electron chi connectivity index (χ2n) is 7.26. The monoisotopic (exact) mass is 446 g/mol. The van der Waals surface area contributed by atoms with E-state index < -0.39 is 0 Å². The number of halogens is 2. The van der Waals surface area contributed by atoms with Gasteiger partial charge in [0.2, 0.25) is 11.7 Å². The van der Waals surface area contributed by atoms with Crippen LogP contribution in [-0.2, 0) is 11.3 Å². The zero-order chi connectivity index (χ0) is 22.2. The van der Waals surface area contributed by atoms with E-state index >= 15 is 0 Å². The van der Waals surface area contributed by atoms with Gasteiger partial charge in [-0.15, -0.1) is 0 Å². The predicted molar refractivity (Wildman–Crippen MR) is 122 cm³/mol. The molecule has 32 heavy (non-hydrogen) atoms. The minimum atomic E-state index is -0.387. The summed E-state index contributed by atoms with van der Waals surface area (Å²) in [6.45, 7) is -0.0835. The SMILES string of the molecule is O=C(Cn1c2ccccc2n2c(=O)cc(-c3cccc(Cl)c3)nc12)Nc1ccc(F)cc1. The van der Waals surface area contributed by atoms with E-state index in [0.29, 0.717) is 38.8 Å². The molecule has 0 aliphatic heterocycles. The molecule has 0 unspecified atom stereocenters. The zero-order valence-corrected chi connectivity index (χ0v) is 17.4. The second-order valence-corrected chi connectivity index (χ2v) is 7.69. The fraction of sp³-hybridized carbons (Fsp3) is 0.0417. The first-order chi connectivity index (χ1) is 15.5. The second kappa shape index (κ2) is 7.94. The van der Waals surface area contributed by atoms with Gasteiger partial charge in [-0.3, -0.25) is 9.59 Å². The molecule has 2 aromatic heterocycles. The molecule has 0 saturated carbocycles. The molecule has 5 aromatic rings. The number of nitrogens with zero attached hydrogens (tertiary/aromatic N) is 3. The van der Waals surface area contributed by atoms with E-state index in [1.807, 2.05) is 24.3 Å². The minimum absolute atomic E-state index is 0.0835.